The van der Waals surface area contributed by atoms with Gasteiger partial charge in [0.2, 0.25) is 5.91 Å². The van der Waals surface area contributed by atoms with Gasteiger partial charge >= 0.3 is 12.0 Å². The van der Waals surface area contributed by atoms with Gasteiger partial charge in [-0.25, -0.2) is 19.5 Å². The molecule has 12 heteroatoms. The number of Topliss-reactive ketones (excluding diaryl/α,β-unsaturated/α-hetero) is 1. The van der Waals surface area contributed by atoms with Crippen LogP contribution in [0.2, 0.25) is 0 Å². The predicted molar refractivity (Wildman–Crippen MR) is 146 cm³/mol. The molecule has 1 aliphatic rings. The molecule has 0 aliphatic carbocycles. The molecule has 1 saturated heterocycles. The molecule has 1 aliphatic heterocycles. The lowest BCUT2D eigenvalue weighted by atomic mass is 9.91. The molecule has 3 aromatic rings. The fourth-order valence-corrected chi connectivity index (χ4v) is 4.99. The number of thiazole rings is 1. The largest absolute Gasteiger partial charge is 0.482 e. The maximum Gasteiger partial charge on any atom is 0.343 e. The number of ether oxygens (including phenoxy) is 2. The van der Waals surface area contributed by atoms with Crippen LogP contribution in [-0.4, -0.2) is 59.2 Å². The minimum Gasteiger partial charge on any atom is -0.482 e. The second kappa shape index (κ2) is 12.5. The highest BCUT2D eigenvalue weighted by Crippen LogP contribution is 2.32. The normalized spacial score (nSPS) is 16.2. The summed E-state index contributed by atoms with van der Waals surface area (Å²) in [4.78, 5) is 68.9. The molecule has 2 aromatic carbocycles. The zero-order valence-corrected chi connectivity index (χ0v) is 22.9. The first-order chi connectivity index (χ1) is 19.2. The summed E-state index contributed by atoms with van der Waals surface area (Å²) in [6.07, 6.45) is 0.271. The van der Waals surface area contributed by atoms with Crippen molar-refractivity contribution < 1.29 is 33.4 Å². The van der Waals surface area contributed by atoms with Gasteiger partial charge in [-0.05, 0) is 23.3 Å². The Morgan fingerprint density at radius 1 is 1.10 bits per heavy atom. The molecular weight excluding hydrogens is 536 g/mol. The number of methoxy groups -OCH3 is 1. The highest BCUT2D eigenvalue weighted by atomic mass is 32.1. The summed E-state index contributed by atoms with van der Waals surface area (Å²) in [5.74, 6) is -2.11. The quantitative estimate of drug-likeness (QED) is 0.204. The van der Waals surface area contributed by atoms with Crippen molar-refractivity contribution in [2.24, 2.45) is 0 Å². The van der Waals surface area contributed by atoms with Crippen molar-refractivity contribution in [3.63, 3.8) is 0 Å². The van der Waals surface area contributed by atoms with E-state index in [4.69, 9.17) is 4.74 Å². The van der Waals surface area contributed by atoms with E-state index in [0.717, 1.165) is 21.8 Å². The van der Waals surface area contributed by atoms with Crippen molar-refractivity contribution >= 4 is 46.1 Å². The molecule has 0 saturated carbocycles. The lowest BCUT2D eigenvalue weighted by Crippen LogP contribution is -2.50. The number of nitrogens with zero attached hydrogens (tertiary/aromatic N) is 2. The monoisotopic (exact) mass is 564 g/mol. The van der Waals surface area contributed by atoms with Gasteiger partial charge in [0, 0.05) is 17.7 Å². The fraction of sp³-hybridized carbons (Fsp3) is 0.286. The molecule has 3 atom stereocenters. The first-order valence-corrected chi connectivity index (χ1v) is 13.4. The van der Waals surface area contributed by atoms with Crippen LogP contribution in [0.15, 0.2) is 60.0 Å². The van der Waals surface area contributed by atoms with Gasteiger partial charge in [-0.3, -0.25) is 14.4 Å². The van der Waals surface area contributed by atoms with Crippen molar-refractivity contribution in [1.82, 2.24) is 15.2 Å². The summed E-state index contributed by atoms with van der Waals surface area (Å²) in [7, 11) is 1.25. The number of urea groups is 1. The summed E-state index contributed by atoms with van der Waals surface area (Å²) in [6.45, 7) is 3.20. The number of nitrogens with one attached hydrogen (secondary N) is 2. The van der Waals surface area contributed by atoms with Gasteiger partial charge in [-0.1, -0.05) is 56.3 Å². The van der Waals surface area contributed by atoms with Crippen LogP contribution in [-0.2, 0) is 19.1 Å². The van der Waals surface area contributed by atoms with E-state index in [-0.39, 0.29) is 29.6 Å². The summed E-state index contributed by atoms with van der Waals surface area (Å²) < 4.78 is 9.89. The first-order valence-electron chi connectivity index (χ1n) is 12.5. The Labute approximate surface area is 234 Å². The number of esters is 1. The Hall–Kier alpha value is -4.58. The number of rotatable bonds is 11. The third-order valence-electron chi connectivity index (χ3n) is 6.46. The van der Waals surface area contributed by atoms with Crippen LogP contribution in [0.25, 0.3) is 0 Å². The number of imide groups is 1. The van der Waals surface area contributed by atoms with E-state index in [1.54, 1.807) is 43.5 Å². The molecule has 0 spiro atoms. The number of aromatic nitrogens is 1. The molecule has 4 rings (SSSR count). The number of hydrogen-bond donors (Lipinski definition) is 2. The highest BCUT2D eigenvalue weighted by molar-refractivity contribution is 7.14. The lowest BCUT2D eigenvalue weighted by Gasteiger charge is -2.29. The SMILES string of the molecule is CCC(=O)c1csc(NC(=O)[C@H]([C@H](C)c2ccccc2)N2C(=O)N[C@H](c3ccc(OCC(=O)OC)cc3)C2=O)n1. The molecule has 2 heterocycles. The number of hydrogen-bond acceptors (Lipinski definition) is 9. The summed E-state index contributed by atoms with van der Waals surface area (Å²) in [5.41, 5.74) is 1.46. The average Bonchev–Trinajstić information content (AvgIpc) is 3.56. The standard InChI is InChI=1S/C28H28N4O7S/c1-4-21(33)20-15-40-27(29-20)31-25(35)24(16(2)17-8-6-5-7-9-17)32-26(36)23(30-28(32)37)18-10-12-19(13-11-18)39-14-22(34)38-3/h5-13,15-16,23-24H,4,14H2,1-3H3,(H,30,37)(H,29,31,35)/t16-,23-,24+/m1/s1. The number of carbonyl (C=O) groups is 5. The topological polar surface area (TPSA) is 144 Å². The lowest BCUT2D eigenvalue weighted by molar-refractivity contribution is -0.142. The van der Waals surface area contributed by atoms with Gasteiger partial charge in [0.15, 0.2) is 17.5 Å². The number of anilines is 1. The third-order valence-corrected chi connectivity index (χ3v) is 7.21. The minimum atomic E-state index is -1.21. The zero-order valence-electron chi connectivity index (χ0n) is 22.1. The van der Waals surface area contributed by atoms with Crippen molar-refractivity contribution in [2.45, 2.75) is 38.3 Å². The zero-order chi connectivity index (χ0) is 28.8. The van der Waals surface area contributed by atoms with Crippen LogP contribution >= 0.6 is 11.3 Å². The van der Waals surface area contributed by atoms with Crippen molar-refractivity contribution in [3.05, 3.63) is 76.8 Å². The second-order valence-electron chi connectivity index (χ2n) is 8.97. The van der Waals surface area contributed by atoms with Crippen molar-refractivity contribution in [2.75, 3.05) is 19.0 Å². The molecule has 1 fully saturated rings. The van der Waals surface area contributed by atoms with E-state index in [2.05, 4.69) is 20.4 Å². The molecule has 0 radical (unpaired) electrons. The van der Waals surface area contributed by atoms with E-state index in [0.29, 0.717) is 11.3 Å². The van der Waals surface area contributed by atoms with Crippen LogP contribution < -0.4 is 15.4 Å². The number of carbonyl (C=O) groups excluding carboxylic acids is 5. The van der Waals surface area contributed by atoms with Crippen LogP contribution in [0.3, 0.4) is 0 Å². The highest BCUT2D eigenvalue weighted by Gasteiger charge is 2.47. The Morgan fingerprint density at radius 3 is 2.45 bits per heavy atom. The van der Waals surface area contributed by atoms with Gasteiger partial charge < -0.3 is 20.1 Å². The maximum atomic E-state index is 13.6. The van der Waals surface area contributed by atoms with Gasteiger partial charge in [0.1, 0.15) is 23.5 Å². The average molecular weight is 565 g/mol. The summed E-state index contributed by atoms with van der Waals surface area (Å²) >= 11 is 1.09. The van der Waals surface area contributed by atoms with E-state index < -0.39 is 41.8 Å². The van der Waals surface area contributed by atoms with Crippen LogP contribution in [0.4, 0.5) is 9.93 Å². The van der Waals surface area contributed by atoms with Gasteiger partial charge in [0.05, 0.1) is 7.11 Å². The van der Waals surface area contributed by atoms with Crippen LogP contribution in [0, 0.1) is 0 Å². The van der Waals surface area contributed by atoms with E-state index >= 15 is 0 Å². The molecule has 11 nitrogen and oxygen atoms in total. The molecule has 208 valence electrons. The fourth-order valence-electron chi connectivity index (χ4n) is 4.27. The number of ketones is 1. The molecular formula is C28H28N4O7S. The maximum absolute atomic E-state index is 13.6. The van der Waals surface area contributed by atoms with E-state index in [1.807, 2.05) is 30.3 Å². The minimum absolute atomic E-state index is 0.162. The van der Waals surface area contributed by atoms with Gasteiger partial charge in [0.25, 0.3) is 5.91 Å². The van der Waals surface area contributed by atoms with Crippen LogP contribution in [0.5, 0.6) is 5.75 Å². The van der Waals surface area contributed by atoms with Gasteiger partial charge in [-0.15, -0.1) is 11.3 Å². The second-order valence-corrected chi connectivity index (χ2v) is 9.83. The Bertz CT molecular complexity index is 1410. The summed E-state index contributed by atoms with van der Waals surface area (Å²) in [6, 6.07) is 12.4. The van der Waals surface area contributed by atoms with Crippen LogP contribution in [0.1, 0.15) is 53.8 Å². The Balaban J connectivity index is 1.59. The molecule has 0 unspecified atom stereocenters. The predicted octanol–water partition coefficient (Wildman–Crippen LogP) is 3.69. The summed E-state index contributed by atoms with van der Waals surface area (Å²) in [5, 5.41) is 7.10. The smallest absolute Gasteiger partial charge is 0.343 e. The third kappa shape index (κ3) is 6.18. The Kier molecular flexibility index (Phi) is 8.90. The Morgan fingerprint density at radius 2 is 1.80 bits per heavy atom. The molecule has 0 bridgehead atoms. The van der Waals surface area contributed by atoms with Crippen molar-refractivity contribution in [1.29, 1.82) is 0 Å². The van der Waals surface area contributed by atoms with Crippen molar-refractivity contribution in [3.8, 4) is 5.75 Å². The molecule has 2 N–H and O–H groups in total. The van der Waals surface area contributed by atoms with E-state index in [9.17, 15) is 24.0 Å². The first kappa shape index (κ1) is 28.4. The van der Waals surface area contributed by atoms with E-state index in [1.165, 1.54) is 7.11 Å². The van der Waals surface area contributed by atoms with Gasteiger partial charge in [-0.2, -0.15) is 0 Å². The number of amides is 4. The molecule has 1 aromatic heterocycles. The molecule has 40 heavy (non-hydrogen) atoms. The molecule has 4 amide bonds. The number of benzene rings is 2.